The average molecular weight is 354 g/mol. The molecule has 0 bridgehead atoms. The number of benzene rings is 1. The van der Waals surface area contributed by atoms with E-state index in [0.717, 1.165) is 17.5 Å². The van der Waals surface area contributed by atoms with Gasteiger partial charge in [-0.3, -0.25) is 14.7 Å². The summed E-state index contributed by atoms with van der Waals surface area (Å²) in [4.78, 5) is 9.33. The number of aliphatic hydroxyl groups is 1. The molecule has 0 aliphatic heterocycles. The lowest BCUT2D eigenvalue weighted by Crippen LogP contribution is -2.34. The SMILES string of the molecule is C[C@H](CNCC(O)c1cccnc1)NSc1ccc2cnccc2c1. The minimum absolute atomic E-state index is 0.263. The van der Waals surface area contributed by atoms with Crippen LogP contribution in [-0.4, -0.2) is 34.2 Å². The Morgan fingerprint density at radius 1 is 1.04 bits per heavy atom. The van der Waals surface area contributed by atoms with E-state index in [1.54, 1.807) is 24.3 Å². The van der Waals surface area contributed by atoms with Gasteiger partial charge in [0.1, 0.15) is 0 Å². The molecule has 0 amide bonds. The summed E-state index contributed by atoms with van der Waals surface area (Å²) < 4.78 is 3.42. The van der Waals surface area contributed by atoms with Crippen LogP contribution in [0.4, 0.5) is 0 Å². The van der Waals surface area contributed by atoms with Crippen LogP contribution < -0.4 is 10.0 Å². The summed E-state index contributed by atoms with van der Waals surface area (Å²) >= 11 is 1.62. The zero-order valence-corrected chi connectivity index (χ0v) is 14.9. The van der Waals surface area contributed by atoms with Crippen LogP contribution in [0.1, 0.15) is 18.6 Å². The van der Waals surface area contributed by atoms with Gasteiger partial charge in [0.05, 0.1) is 6.10 Å². The second-order valence-corrected chi connectivity index (χ2v) is 6.88. The molecule has 0 spiro atoms. The van der Waals surface area contributed by atoms with Gasteiger partial charge in [0.25, 0.3) is 0 Å². The quantitative estimate of drug-likeness (QED) is 0.540. The molecule has 5 nitrogen and oxygen atoms in total. The van der Waals surface area contributed by atoms with E-state index in [0.29, 0.717) is 6.54 Å². The van der Waals surface area contributed by atoms with Crippen LogP contribution in [0, 0.1) is 0 Å². The number of rotatable bonds is 8. The van der Waals surface area contributed by atoms with Crippen molar-refractivity contribution in [3.05, 3.63) is 66.7 Å². The third kappa shape index (κ3) is 5.24. The van der Waals surface area contributed by atoms with Crippen molar-refractivity contribution in [2.24, 2.45) is 0 Å². The molecule has 0 saturated carbocycles. The van der Waals surface area contributed by atoms with Gasteiger partial charge in [0.2, 0.25) is 0 Å². The number of nitrogens with zero attached hydrogens (tertiary/aromatic N) is 2. The number of hydrogen-bond acceptors (Lipinski definition) is 6. The molecule has 2 aromatic heterocycles. The lowest BCUT2D eigenvalue weighted by molar-refractivity contribution is 0.174. The lowest BCUT2D eigenvalue weighted by Gasteiger charge is -2.16. The number of aromatic nitrogens is 2. The van der Waals surface area contributed by atoms with Gasteiger partial charge in [0.15, 0.2) is 0 Å². The number of fused-ring (bicyclic) bond motifs is 1. The Hall–Kier alpha value is -1.99. The first-order valence-electron chi connectivity index (χ1n) is 8.27. The summed E-state index contributed by atoms with van der Waals surface area (Å²) in [5.74, 6) is 0. The average Bonchev–Trinajstić information content (AvgIpc) is 2.67. The number of hydrogen-bond donors (Lipinski definition) is 3. The van der Waals surface area contributed by atoms with E-state index >= 15 is 0 Å². The van der Waals surface area contributed by atoms with Crippen molar-refractivity contribution in [3.63, 3.8) is 0 Å². The lowest BCUT2D eigenvalue weighted by atomic mass is 10.1. The zero-order chi connectivity index (χ0) is 17.5. The smallest absolute Gasteiger partial charge is 0.0929 e. The van der Waals surface area contributed by atoms with Crippen molar-refractivity contribution in [3.8, 4) is 0 Å². The van der Waals surface area contributed by atoms with E-state index in [4.69, 9.17) is 0 Å². The highest BCUT2D eigenvalue weighted by molar-refractivity contribution is 7.97. The molecule has 2 atom stereocenters. The van der Waals surface area contributed by atoms with Crippen molar-refractivity contribution < 1.29 is 5.11 Å². The Morgan fingerprint density at radius 3 is 2.76 bits per heavy atom. The number of nitrogens with one attached hydrogen (secondary N) is 2. The highest BCUT2D eigenvalue weighted by Crippen LogP contribution is 2.21. The van der Waals surface area contributed by atoms with Gasteiger partial charge < -0.3 is 10.4 Å². The molecule has 0 aliphatic rings. The van der Waals surface area contributed by atoms with Gasteiger partial charge in [-0.15, -0.1) is 0 Å². The first-order chi connectivity index (χ1) is 12.2. The predicted molar refractivity (Wildman–Crippen MR) is 102 cm³/mol. The fraction of sp³-hybridized carbons (Fsp3) is 0.263. The van der Waals surface area contributed by atoms with Gasteiger partial charge in [-0.25, -0.2) is 0 Å². The number of aliphatic hydroxyl groups excluding tert-OH is 1. The van der Waals surface area contributed by atoms with Crippen LogP contribution in [0.3, 0.4) is 0 Å². The van der Waals surface area contributed by atoms with Crippen molar-refractivity contribution in [1.82, 2.24) is 20.0 Å². The van der Waals surface area contributed by atoms with Crippen LogP contribution in [0.15, 0.2) is 66.1 Å². The maximum atomic E-state index is 10.1. The maximum absolute atomic E-state index is 10.1. The van der Waals surface area contributed by atoms with Crippen LogP contribution in [0.5, 0.6) is 0 Å². The number of pyridine rings is 2. The zero-order valence-electron chi connectivity index (χ0n) is 14.1. The Labute approximate surface area is 152 Å². The van der Waals surface area contributed by atoms with Crippen LogP contribution in [-0.2, 0) is 0 Å². The molecule has 3 N–H and O–H groups in total. The monoisotopic (exact) mass is 354 g/mol. The molecule has 130 valence electrons. The van der Waals surface area contributed by atoms with Crippen LogP contribution in [0.25, 0.3) is 10.8 Å². The van der Waals surface area contributed by atoms with Crippen LogP contribution in [0.2, 0.25) is 0 Å². The second-order valence-electron chi connectivity index (χ2n) is 5.97. The molecule has 1 unspecified atom stereocenters. The Balaban J connectivity index is 1.42. The molecule has 0 saturated heterocycles. The topological polar surface area (TPSA) is 70.1 Å². The van der Waals surface area contributed by atoms with Crippen molar-refractivity contribution >= 4 is 22.7 Å². The largest absolute Gasteiger partial charge is 0.387 e. The minimum Gasteiger partial charge on any atom is -0.387 e. The summed E-state index contributed by atoms with van der Waals surface area (Å²) in [6.45, 7) is 3.38. The van der Waals surface area contributed by atoms with E-state index in [-0.39, 0.29) is 6.04 Å². The Bertz CT molecular complexity index is 800. The third-order valence-electron chi connectivity index (χ3n) is 3.85. The molecular formula is C19H22N4OS. The summed E-state index contributed by atoms with van der Waals surface area (Å²) in [5.41, 5.74) is 0.829. The fourth-order valence-electron chi connectivity index (χ4n) is 2.46. The summed E-state index contributed by atoms with van der Waals surface area (Å²) in [5, 5.41) is 15.7. The van der Waals surface area contributed by atoms with E-state index in [1.807, 2.05) is 30.6 Å². The predicted octanol–water partition coefficient (Wildman–Crippen LogP) is 2.94. The van der Waals surface area contributed by atoms with Gasteiger partial charge in [-0.1, -0.05) is 12.1 Å². The van der Waals surface area contributed by atoms with E-state index in [1.165, 1.54) is 10.3 Å². The highest BCUT2D eigenvalue weighted by atomic mass is 32.2. The van der Waals surface area contributed by atoms with Gasteiger partial charge >= 0.3 is 0 Å². The Kier molecular flexibility index (Phi) is 6.36. The first kappa shape index (κ1) is 17.8. The molecule has 1 aromatic carbocycles. The Morgan fingerprint density at radius 2 is 1.92 bits per heavy atom. The first-order valence-corrected chi connectivity index (χ1v) is 9.09. The van der Waals surface area contributed by atoms with E-state index in [2.05, 4.69) is 45.1 Å². The van der Waals surface area contributed by atoms with Crippen molar-refractivity contribution in [2.75, 3.05) is 13.1 Å². The standard InChI is InChI=1S/C19H22N4OS/c1-14(10-22-13-19(24)17-3-2-7-20-12-17)23-25-18-5-4-16-11-21-8-6-15(16)9-18/h2-9,11-12,14,19,22-24H,10,13H2,1H3/t14-,19?/m1/s1. The molecule has 2 heterocycles. The molecule has 0 fully saturated rings. The fourth-order valence-corrected chi connectivity index (χ4v) is 3.21. The normalized spacial score (nSPS) is 13.7. The van der Waals surface area contributed by atoms with Gasteiger partial charge in [-0.05, 0) is 48.5 Å². The maximum Gasteiger partial charge on any atom is 0.0929 e. The molecule has 6 heteroatoms. The van der Waals surface area contributed by atoms with E-state index in [9.17, 15) is 5.11 Å². The molecule has 0 aliphatic carbocycles. The molecule has 3 aromatic rings. The van der Waals surface area contributed by atoms with E-state index < -0.39 is 6.10 Å². The highest BCUT2D eigenvalue weighted by Gasteiger charge is 2.08. The summed E-state index contributed by atoms with van der Waals surface area (Å²) in [6, 6.07) is 12.3. The third-order valence-corrected chi connectivity index (χ3v) is 4.86. The molecule has 3 rings (SSSR count). The molecule has 0 radical (unpaired) electrons. The molecule has 25 heavy (non-hydrogen) atoms. The molecular weight excluding hydrogens is 332 g/mol. The van der Waals surface area contributed by atoms with Crippen molar-refractivity contribution in [2.45, 2.75) is 24.0 Å². The van der Waals surface area contributed by atoms with Crippen molar-refractivity contribution in [1.29, 1.82) is 0 Å². The van der Waals surface area contributed by atoms with Gasteiger partial charge in [0, 0.05) is 59.8 Å². The minimum atomic E-state index is -0.539. The van der Waals surface area contributed by atoms with Crippen LogP contribution >= 0.6 is 11.9 Å². The summed E-state index contributed by atoms with van der Waals surface area (Å²) in [6.07, 6.45) is 6.54. The van der Waals surface area contributed by atoms with Gasteiger partial charge in [-0.2, -0.15) is 0 Å². The summed E-state index contributed by atoms with van der Waals surface area (Å²) in [7, 11) is 0. The second kappa shape index (κ2) is 8.92.